The Labute approximate surface area is 102 Å². The van der Waals surface area contributed by atoms with Gasteiger partial charge in [0.2, 0.25) is 0 Å². The van der Waals surface area contributed by atoms with Gasteiger partial charge in [0.15, 0.2) is 0 Å². The molecule has 1 heterocycles. The molecule has 1 aliphatic rings. The zero-order valence-electron chi connectivity index (χ0n) is 10.5. The zero-order chi connectivity index (χ0) is 12.7. The predicted octanol–water partition coefficient (Wildman–Crippen LogP) is -0.138. The molecule has 0 aliphatic carbocycles. The van der Waals surface area contributed by atoms with Gasteiger partial charge in [0.1, 0.15) is 5.60 Å². The minimum atomic E-state index is -1.04. The normalized spacial score (nSPS) is 20.6. The largest absolute Gasteiger partial charge is 0.386 e. The first-order valence-electron chi connectivity index (χ1n) is 5.87. The van der Waals surface area contributed by atoms with Crippen molar-refractivity contribution in [3.8, 4) is 0 Å². The Morgan fingerprint density at radius 2 is 2.18 bits per heavy atom. The summed E-state index contributed by atoms with van der Waals surface area (Å²) in [6.45, 7) is 3.34. The number of aliphatic hydroxyl groups is 1. The third-order valence-corrected chi connectivity index (χ3v) is 2.64. The van der Waals surface area contributed by atoms with Crippen LogP contribution in [0.15, 0.2) is 0 Å². The lowest BCUT2D eigenvalue weighted by Gasteiger charge is -2.25. The number of carbonyl (C=O) groups excluding carboxylic acids is 1. The fourth-order valence-corrected chi connectivity index (χ4v) is 1.71. The van der Waals surface area contributed by atoms with E-state index in [0.717, 1.165) is 12.8 Å². The van der Waals surface area contributed by atoms with Crippen LogP contribution in [-0.2, 0) is 9.47 Å². The molecule has 3 N–H and O–H groups in total. The highest BCUT2D eigenvalue weighted by Gasteiger charge is 2.22. The number of urea groups is 1. The minimum absolute atomic E-state index is 0.163. The second kappa shape index (κ2) is 6.78. The summed E-state index contributed by atoms with van der Waals surface area (Å²) >= 11 is 0. The third kappa shape index (κ3) is 5.86. The van der Waals surface area contributed by atoms with E-state index in [2.05, 4.69) is 10.6 Å². The summed E-state index contributed by atoms with van der Waals surface area (Å²) in [5, 5.41) is 15.3. The Morgan fingerprint density at radius 1 is 1.53 bits per heavy atom. The van der Waals surface area contributed by atoms with Crippen molar-refractivity contribution in [2.24, 2.45) is 0 Å². The maximum absolute atomic E-state index is 11.5. The van der Waals surface area contributed by atoms with Crippen LogP contribution in [0.5, 0.6) is 0 Å². The highest BCUT2D eigenvalue weighted by Crippen LogP contribution is 2.06. The van der Waals surface area contributed by atoms with Crippen molar-refractivity contribution in [1.82, 2.24) is 10.6 Å². The van der Waals surface area contributed by atoms with E-state index in [1.807, 2.05) is 0 Å². The summed E-state index contributed by atoms with van der Waals surface area (Å²) in [6.07, 6.45) is 1.67. The molecule has 1 aliphatic heterocycles. The molecule has 100 valence electrons. The highest BCUT2D eigenvalue weighted by molar-refractivity contribution is 5.74. The number of hydrogen-bond acceptors (Lipinski definition) is 4. The Morgan fingerprint density at radius 3 is 2.76 bits per heavy atom. The summed E-state index contributed by atoms with van der Waals surface area (Å²) < 4.78 is 10.0. The summed E-state index contributed by atoms with van der Waals surface area (Å²) in [6, 6.07) is -0.0931. The van der Waals surface area contributed by atoms with E-state index in [1.54, 1.807) is 6.92 Å². The van der Waals surface area contributed by atoms with Gasteiger partial charge in [0.25, 0.3) is 0 Å². The smallest absolute Gasteiger partial charge is 0.315 e. The highest BCUT2D eigenvalue weighted by atomic mass is 16.5. The second-order valence-electron chi connectivity index (χ2n) is 4.64. The Hall–Kier alpha value is -0.850. The third-order valence-electron chi connectivity index (χ3n) is 2.64. The number of hydrogen-bond donors (Lipinski definition) is 3. The van der Waals surface area contributed by atoms with Gasteiger partial charge in [-0.2, -0.15) is 0 Å². The van der Waals surface area contributed by atoms with E-state index >= 15 is 0 Å². The van der Waals surface area contributed by atoms with Gasteiger partial charge in [-0.05, 0) is 19.8 Å². The summed E-state index contributed by atoms with van der Waals surface area (Å²) in [4.78, 5) is 11.5. The first-order chi connectivity index (χ1) is 8.03. The Bertz CT molecular complexity index is 240. The molecule has 2 amide bonds. The molecular formula is C11H22N2O4. The van der Waals surface area contributed by atoms with Gasteiger partial charge < -0.3 is 25.2 Å². The van der Waals surface area contributed by atoms with Gasteiger partial charge in [-0.15, -0.1) is 0 Å². The molecular weight excluding hydrogens is 224 g/mol. The standard InChI is InChI=1S/C11H22N2O4/c1-11(15,8-16-2)7-12-10(14)13-9-3-5-17-6-4-9/h9,15H,3-8H2,1-2H3,(H2,12,13,14)/t11-/m1/s1. The van der Waals surface area contributed by atoms with Crippen molar-refractivity contribution in [3.05, 3.63) is 0 Å². The molecule has 0 radical (unpaired) electrons. The first-order valence-corrected chi connectivity index (χ1v) is 5.87. The van der Waals surface area contributed by atoms with E-state index in [4.69, 9.17) is 9.47 Å². The van der Waals surface area contributed by atoms with E-state index in [1.165, 1.54) is 7.11 Å². The second-order valence-corrected chi connectivity index (χ2v) is 4.64. The van der Waals surface area contributed by atoms with Crippen molar-refractivity contribution in [1.29, 1.82) is 0 Å². The van der Waals surface area contributed by atoms with Crippen LogP contribution in [0.3, 0.4) is 0 Å². The van der Waals surface area contributed by atoms with Crippen LogP contribution in [-0.4, -0.2) is 56.3 Å². The lowest BCUT2D eigenvalue weighted by molar-refractivity contribution is -0.0137. The number of rotatable bonds is 5. The molecule has 0 bridgehead atoms. The number of ether oxygens (including phenoxy) is 2. The molecule has 0 aromatic carbocycles. The lowest BCUT2D eigenvalue weighted by Crippen LogP contribution is -2.50. The number of methoxy groups -OCH3 is 1. The van der Waals surface area contributed by atoms with Crippen molar-refractivity contribution >= 4 is 6.03 Å². The van der Waals surface area contributed by atoms with Crippen LogP contribution in [0.25, 0.3) is 0 Å². The summed E-state index contributed by atoms with van der Waals surface area (Å²) in [7, 11) is 1.51. The zero-order valence-corrected chi connectivity index (χ0v) is 10.5. The fourth-order valence-electron chi connectivity index (χ4n) is 1.71. The molecule has 0 aromatic heterocycles. The first kappa shape index (κ1) is 14.2. The number of amides is 2. The number of nitrogens with one attached hydrogen (secondary N) is 2. The summed E-state index contributed by atoms with van der Waals surface area (Å²) in [5.74, 6) is 0. The number of carbonyl (C=O) groups is 1. The molecule has 1 fully saturated rings. The molecule has 1 atom stereocenters. The van der Waals surface area contributed by atoms with Gasteiger partial charge in [0.05, 0.1) is 13.2 Å². The van der Waals surface area contributed by atoms with E-state index in [-0.39, 0.29) is 25.2 Å². The molecule has 1 rings (SSSR count). The van der Waals surface area contributed by atoms with Crippen LogP contribution in [0.1, 0.15) is 19.8 Å². The molecule has 0 unspecified atom stereocenters. The Balaban J connectivity index is 2.20. The molecule has 6 heteroatoms. The van der Waals surface area contributed by atoms with Crippen molar-refractivity contribution < 1.29 is 19.4 Å². The SMILES string of the molecule is COC[C@](C)(O)CNC(=O)NC1CCOCC1. The minimum Gasteiger partial charge on any atom is -0.386 e. The predicted molar refractivity (Wildman–Crippen MR) is 62.9 cm³/mol. The molecule has 0 aromatic rings. The van der Waals surface area contributed by atoms with Gasteiger partial charge in [-0.3, -0.25) is 0 Å². The molecule has 6 nitrogen and oxygen atoms in total. The van der Waals surface area contributed by atoms with Gasteiger partial charge in [-0.25, -0.2) is 4.79 Å². The average molecular weight is 246 g/mol. The van der Waals surface area contributed by atoms with Crippen LogP contribution in [0, 0.1) is 0 Å². The maximum atomic E-state index is 11.5. The van der Waals surface area contributed by atoms with E-state index < -0.39 is 5.60 Å². The fraction of sp³-hybridized carbons (Fsp3) is 0.909. The van der Waals surface area contributed by atoms with Crippen LogP contribution >= 0.6 is 0 Å². The molecule has 17 heavy (non-hydrogen) atoms. The molecule has 0 spiro atoms. The van der Waals surface area contributed by atoms with Gasteiger partial charge >= 0.3 is 6.03 Å². The average Bonchev–Trinajstić information content (AvgIpc) is 2.28. The monoisotopic (exact) mass is 246 g/mol. The molecule has 1 saturated heterocycles. The van der Waals surface area contributed by atoms with E-state index in [9.17, 15) is 9.90 Å². The van der Waals surface area contributed by atoms with Crippen LogP contribution in [0.4, 0.5) is 4.79 Å². The van der Waals surface area contributed by atoms with Crippen LogP contribution < -0.4 is 10.6 Å². The molecule has 0 saturated carbocycles. The van der Waals surface area contributed by atoms with Gasteiger partial charge in [-0.1, -0.05) is 0 Å². The van der Waals surface area contributed by atoms with Gasteiger partial charge in [0, 0.05) is 26.4 Å². The van der Waals surface area contributed by atoms with E-state index in [0.29, 0.717) is 13.2 Å². The topological polar surface area (TPSA) is 79.8 Å². The van der Waals surface area contributed by atoms with Crippen molar-refractivity contribution in [2.45, 2.75) is 31.4 Å². The lowest BCUT2D eigenvalue weighted by atomic mass is 10.1. The maximum Gasteiger partial charge on any atom is 0.315 e. The quantitative estimate of drug-likeness (QED) is 0.631. The Kier molecular flexibility index (Phi) is 5.67. The summed E-state index contributed by atoms with van der Waals surface area (Å²) in [5.41, 5.74) is -1.04. The van der Waals surface area contributed by atoms with Crippen molar-refractivity contribution in [3.63, 3.8) is 0 Å². The van der Waals surface area contributed by atoms with Crippen LogP contribution in [0.2, 0.25) is 0 Å². The van der Waals surface area contributed by atoms with Crippen molar-refractivity contribution in [2.75, 3.05) is 33.5 Å².